The molecule has 0 bridgehead atoms. The highest BCUT2D eigenvalue weighted by Crippen LogP contribution is 2.33. The van der Waals surface area contributed by atoms with E-state index in [1.165, 1.54) is 6.07 Å². The summed E-state index contributed by atoms with van der Waals surface area (Å²) in [5.41, 5.74) is -0.604. The molecule has 0 radical (unpaired) electrons. The molecule has 0 amide bonds. The van der Waals surface area contributed by atoms with Crippen LogP contribution in [-0.2, 0) is 6.18 Å². The number of halogens is 4. The molecule has 0 aliphatic rings. The van der Waals surface area contributed by atoms with Crippen LogP contribution in [-0.4, -0.2) is 0 Å². The molecule has 0 aliphatic carbocycles. The van der Waals surface area contributed by atoms with Crippen LogP contribution in [0, 0.1) is 11.7 Å². The Hall–Kier alpha value is -1.06. The predicted octanol–water partition coefficient (Wildman–Crippen LogP) is 4.60. The minimum Gasteiger partial charge on any atom is -0.207 e. The molecule has 0 aliphatic heterocycles. The third-order valence-electron chi connectivity index (χ3n) is 2.82. The van der Waals surface area contributed by atoms with Crippen molar-refractivity contribution in [2.45, 2.75) is 32.9 Å². The van der Waals surface area contributed by atoms with E-state index in [2.05, 4.69) is 0 Å². The molecule has 0 saturated carbocycles. The molecule has 0 aromatic heterocycles. The first-order valence-electron chi connectivity index (χ1n) is 5.10. The molecule has 1 rings (SSSR count). The highest BCUT2D eigenvalue weighted by atomic mass is 19.4. The van der Waals surface area contributed by atoms with Gasteiger partial charge in [0.1, 0.15) is 5.82 Å². The van der Waals surface area contributed by atoms with Crippen LogP contribution >= 0.6 is 0 Å². The molecule has 16 heavy (non-hydrogen) atoms. The fourth-order valence-electron chi connectivity index (χ4n) is 1.43. The highest BCUT2D eigenvalue weighted by Gasteiger charge is 2.31. The Morgan fingerprint density at radius 2 is 1.62 bits per heavy atom. The van der Waals surface area contributed by atoms with Crippen molar-refractivity contribution in [3.8, 4) is 0 Å². The summed E-state index contributed by atoms with van der Waals surface area (Å²) in [6, 6.07) is 2.72. The Labute approximate surface area is 92.3 Å². The van der Waals surface area contributed by atoms with Gasteiger partial charge < -0.3 is 0 Å². The zero-order valence-corrected chi connectivity index (χ0v) is 9.40. The minimum atomic E-state index is -4.49. The highest BCUT2D eigenvalue weighted by molar-refractivity contribution is 5.28. The molecule has 0 heterocycles. The van der Waals surface area contributed by atoms with E-state index in [0.29, 0.717) is 11.6 Å². The van der Waals surface area contributed by atoms with Crippen molar-refractivity contribution in [1.29, 1.82) is 0 Å². The number of hydrogen-bond donors (Lipinski definition) is 0. The van der Waals surface area contributed by atoms with Gasteiger partial charge in [0.2, 0.25) is 0 Å². The van der Waals surface area contributed by atoms with Crippen LogP contribution in [0.3, 0.4) is 0 Å². The summed E-state index contributed by atoms with van der Waals surface area (Å²) < 4.78 is 50.4. The van der Waals surface area contributed by atoms with Gasteiger partial charge in [0, 0.05) is 0 Å². The number of alkyl halides is 3. The van der Waals surface area contributed by atoms with E-state index in [4.69, 9.17) is 0 Å². The first kappa shape index (κ1) is 13.0. The number of rotatable bonds is 2. The summed E-state index contributed by atoms with van der Waals surface area (Å²) in [6.45, 7) is 5.61. The van der Waals surface area contributed by atoms with Gasteiger partial charge in [-0.2, -0.15) is 13.2 Å². The van der Waals surface area contributed by atoms with Gasteiger partial charge >= 0.3 is 6.18 Å². The summed E-state index contributed by atoms with van der Waals surface area (Å²) in [5, 5.41) is 0. The fourth-order valence-corrected chi connectivity index (χ4v) is 1.43. The maximum atomic E-state index is 13.5. The van der Waals surface area contributed by atoms with Crippen molar-refractivity contribution in [1.82, 2.24) is 0 Å². The van der Waals surface area contributed by atoms with Gasteiger partial charge in [-0.15, -0.1) is 0 Å². The molecule has 1 aromatic rings. The summed E-state index contributed by atoms with van der Waals surface area (Å²) in [5.74, 6) is -0.690. The lowest BCUT2D eigenvalue weighted by atomic mass is 9.89. The van der Waals surface area contributed by atoms with E-state index in [9.17, 15) is 17.6 Å². The molecule has 0 unspecified atom stereocenters. The molecule has 1 atom stereocenters. The second-order valence-corrected chi connectivity index (χ2v) is 4.27. The maximum absolute atomic E-state index is 13.5. The third kappa shape index (κ3) is 2.74. The standard InChI is InChI=1S/C12H14F4/c1-7(2)8(3)10-5-4-9(6-11(10)13)12(14,15)16/h4-8H,1-3H3/t8-/m1/s1. The van der Waals surface area contributed by atoms with E-state index < -0.39 is 17.6 Å². The monoisotopic (exact) mass is 234 g/mol. The van der Waals surface area contributed by atoms with E-state index >= 15 is 0 Å². The molecule has 4 heteroatoms. The normalized spacial score (nSPS) is 14.2. The SMILES string of the molecule is CC(C)[C@@H](C)c1ccc(C(F)(F)F)cc1F. The largest absolute Gasteiger partial charge is 0.416 e. The average Bonchev–Trinajstić information content (AvgIpc) is 2.15. The summed E-state index contributed by atoms with van der Waals surface area (Å²) >= 11 is 0. The van der Waals surface area contributed by atoms with Gasteiger partial charge in [-0.1, -0.05) is 26.8 Å². The van der Waals surface area contributed by atoms with Crippen LogP contribution in [0.2, 0.25) is 0 Å². The summed E-state index contributed by atoms with van der Waals surface area (Å²) in [7, 11) is 0. The van der Waals surface area contributed by atoms with E-state index in [0.717, 1.165) is 6.07 Å². The van der Waals surface area contributed by atoms with Crippen LogP contribution < -0.4 is 0 Å². The lowest BCUT2D eigenvalue weighted by Gasteiger charge is -2.17. The first-order valence-corrected chi connectivity index (χ1v) is 5.10. The van der Waals surface area contributed by atoms with Crippen LogP contribution in [0.4, 0.5) is 17.6 Å². The Bertz CT molecular complexity index is 366. The van der Waals surface area contributed by atoms with Crippen molar-refractivity contribution >= 4 is 0 Å². The second-order valence-electron chi connectivity index (χ2n) is 4.27. The van der Waals surface area contributed by atoms with Crippen molar-refractivity contribution in [3.63, 3.8) is 0 Å². The third-order valence-corrected chi connectivity index (χ3v) is 2.82. The van der Waals surface area contributed by atoms with Crippen LogP contribution in [0.25, 0.3) is 0 Å². The van der Waals surface area contributed by atoms with Crippen LogP contribution in [0.15, 0.2) is 18.2 Å². The van der Waals surface area contributed by atoms with Gasteiger partial charge in [-0.05, 0) is 29.5 Å². The Balaban J connectivity index is 3.10. The summed E-state index contributed by atoms with van der Waals surface area (Å²) in [6.07, 6.45) is -4.49. The van der Waals surface area contributed by atoms with E-state index in [1.54, 1.807) is 6.92 Å². The zero-order chi connectivity index (χ0) is 12.5. The number of benzene rings is 1. The maximum Gasteiger partial charge on any atom is 0.416 e. The van der Waals surface area contributed by atoms with Gasteiger partial charge in [0.15, 0.2) is 0 Å². The van der Waals surface area contributed by atoms with Crippen LogP contribution in [0.5, 0.6) is 0 Å². The smallest absolute Gasteiger partial charge is 0.207 e. The van der Waals surface area contributed by atoms with Crippen molar-refractivity contribution < 1.29 is 17.6 Å². The average molecular weight is 234 g/mol. The Kier molecular flexibility index (Phi) is 3.61. The van der Waals surface area contributed by atoms with Crippen molar-refractivity contribution in [2.24, 2.45) is 5.92 Å². The molecule has 90 valence electrons. The quantitative estimate of drug-likeness (QED) is 0.656. The van der Waals surface area contributed by atoms with E-state index in [-0.39, 0.29) is 11.8 Å². The molecule has 0 nitrogen and oxygen atoms in total. The van der Waals surface area contributed by atoms with Gasteiger partial charge in [0.25, 0.3) is 0 Å². The molecule has 0 fully saturated rings. The molecule has 0 N–H and O–H groups in total. The summed E-state index contributed by atoms with van der Waals surface area (Å²) in [4.78, 5) is 0. The molecule has 0 spiro atoms. The number of hydrogen-bond acceptors (Lipinski definition) is 0. The van der Waals surface area contributed by atoms with Crippen molar-refractivity contribution in [3.05, 3.63) is 35.1 Å². The van der Waals surface area contributed by atoms with Gasteiger partial charge in [-0.25, -0.2) is 4.39 Å². The molecule has 0 saturated heterocycles. The second kappa shape index (κ2) is 4.44. The topological polar surface area (TPSA) is 0 Å². The molecule has 1 aromatic carbocycles. The van der Waals surface area contributed by atoms with Crippen molar-refractivity contribution in [2.75, 3.05) is 0 Å². The fraction of sp³-hybridized carbons (Fsp3) is 0.500. The van der Waals surface area contributed by atoms with Crippen LogP contribution in [0.1, 0.15) is 37.8 Å². The Morgan fingerprint density at radius 1 is 1.06 bits per heavy atom. The van der Waals surface area contributed by atoms with Gasteiger partial charge in [0.05, 0.1) is 5.56 Å². The minimum absolute atomic E-state index is 0.0951. The Morgan fingerprint density at radius 3 is 2.00 bits per heavy atom. The first-order chi connectivity index (χ1) is 7.23. The van der Waals surface area contributed by atoms with Gasteiger partial charge in [-0.3, -0.25) is 0 Å². The molecular weight excluding hydrogens is 220 g/mol. The molecular formula is C12H14F4. The van der Waals surface area contributed by atoms with E-state index in [1.807, 2.05) is 13.8 Å². The lowest BCUT2D eigenvalue weighted by molar-refractivity contribution is -0.137. The zero-order valence-electron chi connectivity index (χ0n) is 9.40. The predicted molar refractivity (Wildman–Crippen MR) is 54.7 cm³/mol. The lowest BCUT2D eigenvalue weighted by Crippen LogP contribution is -2.09.